The van der Waals surface area contributed by atoms with Crippen LogP contribution in [0.15, 0.2) is 18.2 Å². The van der Waals surface area contributed by atoms with Gasteiger partial charge in [-0.2, -0.15) is 0 Å². The first-order valence-corrected chi connectivity index (χ1v) is 11.2. The number of hydrogen-bond donors (Lipinski definition) is 0. The van der Waals surface area contributed by atoms with E-state index in [-0.39, 0.29) is 30.5 Å². The van der Waals surface area contributed by atoms with Gasteiger partial charge in [-0.3, -0.25) is 4.79 Å². The van der Waals surface area contributed by atoms with Crippen LogP contribution in [0.25, 0.3) is 0 Å². The molecule has 0 saturated carbocycles. The Kier molecular flexibility index (Phi) is 5.60. The normalized spacial score (nSPS) is 22.3. The van der Waals surface area contributed by atoms with E-state index in [1.54, 1.807) is 14.2 Å². The Labute approximate surface area is 192 Å². The van der Waals surface area contributed by atoms with Crippen LogP contribution in [-0.4, -0.2) is 46.8 Å². The topological polar surface area (TPSA) is 81.7 Å². The van der Waals surface area contributed by atoms with E-state index in [2.05, 4.69) is 0 Å². The zero-order valence-corrected chi connectivity index (χ0v) is 19.3. The highest BCUT2D eigenvalue weighted by atomic mass is 16.7. The van der Waals surface area contributed by atoms with Crippen molar-refractivity contribution in [2.45, 2.75) is 26.2 Å². The molecular weight excluding hydrogens is 428 g/mol. The summed E-state index contributed by atoms with van der Waals surface area (Å²) < 4.78 is 40.1. The van der Waals surface area contributed by atoms with Crippen molar-refractivity contribution in [2.75, 3.05) is 40.8 Å². The molecule has 1 aliphatic carbocycles. The zero-order chi connectivity index (χ0) is 23.1. The molecule has 0 amide bonds. The number of hydrogen-bond acceptors (Lipinski definition) is 8. The summed E-state index contributed by atoms with van der Waals surface area (Å²) in [5, 5.41) is 0. The Morgan fingerprint density at radius 1 is 0.939 bits per heavy atom. The number of benzene rings is 2. The molecule has 3 atom stereocenters. The van der Waals surface area contributed by atoms with Crippen molar-refractivity contribution in [1.82, 2.24) is 0 Å². The lowest BCUT2D eigenvalue weighted by Gasteiger charge is -2.35. The third-order valence-electron chi connectivity index (χ3n) is 6.56. The molecule has 8 heteroatoms. The fraction of sp³-hybridized carbons (Fsp3) is 0.480. The van der Waals surface area contributed by atoms with E-state index in [1.807, 2.05) is 32.0 Å². The van der Waals surface area contributed by atoms with Crippen molar-refractivity contribution in [3.8, 4) is 34.5 Å². The average Bonchev–Trinajstić information content (AvgIpc) is 3.44. The third-order valence-corrected chi connectivity index (χ3v) is 6.56. The molecule has 0 aromatic heterocycles. The molecule has 176 valence electrons. The van der Waals surface area contributed by atoms with Gasteiger partial charge in [0.2, 0.25) is 18.3 Å². The molecule has 2 heterocycles. The van der Waals surface area contributed by atoms with Crippen LogP contribution < -0.4 is 28.4 Å². The Bertz CT molecular complexity index is 1050. The second kappa shape index (κ2) is 8.57. The third kappa shape index (κ3) is 3.39. The van der Waals surface area contributed by atoms with Crippen LogP contribution in [0.5, 0.6) is 34.5 Å². The van der Waals surface area contributed by atoms with Gasteiger partial charge in [-0.05, 0) is 49.6 Å². The molecule has 33 heavy (non-hydrogen) atoms. The van der Waals surface area contributed by atoms with Crippen LogP contribution in [-0.2, 0) is 16.0 Å². The van der Waals surface area contributed by atoms with Crippen LogP contribution in [0.4, 0.5) is 0 Å². The fourth-order valence-corrected chi connectivity index (χ4v) is 5.24. The zero-order valence-electron chi connectivity index (χ0n) is 19.3. The maximum absolute atomic E-state index is 12.9. The first-order chi connectivity index (χ1) is 16.1. The van der Waals surface area contributed by atoms with Crippen LogP contribution in [0, 0.1) is 11.8 Å². The number of carbonyl (C=O) groups is 1. The van der Waals surface area contributed by atoms with Crippen LogP contribution in [0.2, 0.25) is 0 Å². The summed E-state index contributed by atoms with van der Waals surface area (Å²) in [6.07, 6.45) is 0.666. The summed E-state index contributed by atoms with van der Waals surface area (Å²) >= 11 is 0. The molecule has 0 radical (unpaired) electrons. The van der Waals surface area contributed by atoms with Gasteiger partial charge in [0, 0.05) is 17.4 Å². The van der Waals surface area contributed by atoms with Crippen LogP contribution in [0.3, 0.4) is 0 Å². The Morgan fingerprint density at radius 2 is 1.64 bits per heavy atom. The molecule has 3 aliphatic rings. The first kappa shape index (κ1) is 21.6. The largest absolute Gasteiger partial charge is 0.493 e. The summed E-state index contributed by atoms with van der Waals surface area (Å²) in [7, 11) is 3.18. The molecule has 1 fully saturated rings. The number of cyclic esters (lactones) is 1. The van der Waals surface area contributed by atoms with Gasteiger partial charge in [-0.1, -0.05) is 0 Å². The molecule has 0 N–H and O–H groups in total. The van der Waals surface area contributed by atoms with E-state index >= 15 is 0 Å². The molecule has 0 unspecified atom stereocenters. The molecule has 2 aromatic rings. The first-order valence-electron chi connectivity index (χ1n) is 11.2. The standard InChI is InChI=1S/C25H28O8/c1-5-29-22-16-7-14-11-31-25(26)21(14)20(15(16)10-19-24(22)33-12-32-19)13-8-17(27-3)23(30-6-2)18(9-13)28-4/h8-10,14,20-21H,5-7,11-12H2,1-4H3/t14-,20+,21-/m0/s1. The van der Waals surface area contributed by atoms with E-state index in [0.29, 0.717) is 60.7 Å². The van der Waals surface area contributed by atoms with E-state index in [4.69, 9.17) is 33.2 Å². The predicted octanol–water partition coefficient (Wildman–Crippen LogP) is 3.71. The molecule has 2 aromatic carbocycles. The van der Waals surface area contributed by atoms with Crippen LogP contribution in [0.1, 0.15) is 36.5 Å². The van der Waals surface area contributed by atoms with E-state index in [0.717, 1.165) is 16.7 Å². The van der Waals surface area contributed by atoms with Gasteiger partial charge in [-0.25, -0.2) is 0 Å². The van der Waals surface area contributed by atoms with Gasteiger partial charge in [0.05, 0.1) is 40.0 Å². The molecule has 0 spiro atoms. The minimum Gasteiger partial charge on any atom is -0.493 e. The van der Waals surface area contributed by atoms with Gasteiger partial charge in [-0.15, -0.1) is 0 Å². The van der Waals surface area contributed by atoms with E-state index in [1.165, 1.54) is 0 Å². The average molecular weight is 456 g/mol. The Balaban J connectivity index is 1.74. The van der Waals surface area contributed by atoms with Crippen LogP contribution >= 0.6 is 0 Å². The number of fused-ring (bicyclic) bond motifs is 3. The van der Waals surface area contributed by atoms with Gasteiger partial charge in [0.1, 0.15) is 0 Å². The smallest absolute Gasteiger partial charge is 0.310 e. The van der Waals surface area contributed by atoms with E-state index < -0.39 is 0 Å². The lowest BCUT2D eigenvalue weighted by molar-refractivity contribution is -0.141. The van der Waals surface area contributed by atoms with Gasteiger partial charge >= 0.3 is 5.97 Å². The predicted molar refractivity (Wildman–Crippen MR) is 118 cm³/mol. The quantitative estimate of drug-likeness (QED) is 0.584. The maximum atomic E-state index is 12.9. The SMILES string of the molecule is CCOc1c(OC)cc([C@@H]2c3cc4c(c(OCC)c3C[C@H]3COC(=O)[C@@H]32)OCO4)cc1OC. The summed E-state index contributed by atoms with van der Waals surface area (Å²) in [6.45, 7) is 5.32. The number of rotatable bonds is 7. The minimum atomic E-state index is -0.334. The fourth-order valence-electron chi connectivity index (χ4n) is 5.24. The van der Waals surface area contributed by atoms with Crippen molar-refractivity contribution in [3.05, 3.63) is 34.9 Å². The van der Waals surface area contributed by atoms with Crippen molar-refractivity contribution < 1.29 is 38.0 Å². The maximum Gasteiger partial charge on any atom is 0.310 e. The number of esters is 1. The van der Waals surface area contributed by atoms with Gasteiger partial charge in [0.25, 0.3) is 0 Å². The van der Waals surface area contributed by atoms with Crippen molar-refractivity contribution in [2.24, 2.45) is 11.8 Å². The number of carbonyl (C=O) groups excluding carboxylic acids is 1. The molecule has 0 bridgehead atoms. The molecule has 1 saturated heterocycles. The Hall–Kier alpha value is -3.29. The number of ether oxygens (including phenoxy) is 7. The van der Waals surface area contributed by atoms with Crippen molar-refractivity contribution >= 4 is 5.97 Å². The summed E-state index contributed by atoms with van der Waals surface area (Å²) in [5.74, 6) is 2.77. The summed E-state index contributed by atoms with van der Waals surface area (Å²) in [4.78, 5) is 12.9. The van der Waals surface area contributed by atoms with Crippen molar-refractivity contribution in [1.29, 1.82) is 0 Å². The highest BCUT2D eigenvalue weighted by molar-refractivity contribution is 5.79. The lowest BCUT2D eigenvalue weighted by Crippen LogP contribution is -2.32. The number of methoxy groups -OCH3 is 2. The second-order valence-electron chi connectivity index (χ2n) is 8.23. The second-order valence-corrected chi connectivity index (χ2v) is 8.23. The van der Waals surface area contributed by atoms with Gasteiger partial charge in [0.15, 0.2) is 23.0 Å². The molecule has 2 aliphatic heterocycles. The monoisotopic (exact) mass is 456 g/mol. The highest BCUT2D eigenvalue weighted by Gasteiger charge is 2.49. The summed E-state index contributed by atoms with van der Waals surface area (Å²) in [5.41, 5.74) is 2.87. The molecule has 8 nitrogen and oxygen atoms in total. The highest BCUT2D eigenvalue weighted by Crippen LogP contribution is 2.56. The molecule has 5 rings (SSSR count). The minimum absolute atomic E-state index is 0.0261. The Morgan fingerprint density at radius 3 is 2.30 bits per heavy atom. The van der Waals surface area contributed by atoms with E-state index in [9.17, 15) is 4.79 Å². The van der Waals surface area contributed by atoms with Crippen molar-refractivity contribution in [3.63, 3.8) is 0 Å². The molecular formula is C25H28O8. The van der Waals surface area contributed by atoms with Gasteiger partial charge < -0.3 is 33.2 Å². The lowest BCUT2D eigenvalue weighted by atomic mass is 9.67. The summed E-state index contributed by atoms with van der Waals surface area (Å²) in [6, 6.07) is 5.81.